The van der Waals surface area contributed by atoms with Crippen LogP contribution >= 0.6 is 0 Å². The lowest BCUT2D eigenvalue weighted by Crippen LogP contribution is -2.02. The highest BCUT2D eigenvalue weighted by Gasteiger charge is 2.08. The molecule has 0 radical (unpaired) electrons. The van der Waals surface area contributed by atoms with E-state index < -0.39 is 0 Å². The third-order valence-corrected chi connectivity index (χ3v) is 3.48. The summed E-state index contributed by atoms with van der Waals surface area (Å²) in [6, 6.07) is 7.59. The summed E-state index contributed by atoms with van der Waals surface area (Å²) < 4.78 is 0. The molecule has 0 saturated heterocycles. The average Bonchev–Trinajstić information content (AvgIpc) is 2.91. The summed E-state index contributed by atoms with van der Waals surface area (Å²) in [4.78, 5) is 0. The molecule has 2 rings (SSSR count). The Labute approximate surface area is 116 Å². The van der Waals surface area contributed by atoms with Gasteiger partial charge in [-0.15, -0.1) is 0 Å². The lowest BCUT2D eigenvalue weighted by molar-refractivity contribution is 0.474. The van der Waals surface area contributed by atoms with Crippen LogP contribution in [-0.4, -0.2) is 5.11 Å². The minimum atomic E-state index is 0.342. The smallest absolute Gasteiger partial charge is 0.115 e. The van der Waals surface area contributed by atoms with Gasteiger partial charge in [0.1, 0.15) is 5.75 Å². The van der Waals surface area contributed by atoms with E-state index in [1.165, 1.54) is 30.4 Å². The minimum absolute atomic E-state index is 0.342. The van der Waals surface area contributed by atoms with Crippen molar-refractivity contribution in [3.8, 4) is 5.75 Å². The second-order valence-electron chi connectivity index (χ2n) is 5.16. The fourth-order valence-corrected chi connectivity index (χ4v) is 2.42. The van der Waals surface area contributed by atoms with Crippen LogP contribution in [0, 0.1) is 5.92 Å². The van der Waals surface area contributed by atoms with E-state index in [-0.39, 0.29) is 0 Å². The van der Waals surface area contributed by atoms with Crippen LogP contribution < -0.4 is 0 Å². The van der Waals surface area contributed by atoms with Gasteiger partial charge >= 0.3 is 0 Å². The highest BCUT2D eigenvalue weighted by Crippen LogP contribution is 2.21. The van der Waals surface area contributed by atoms with E-state index in [2.05, 4.69) is 37.3 Å². The van der Waals surface area contributed by atoms with Crippen molar-refractivity contribution in [2.24, 2.45) is 5.92 Å². The zero-order valence-electron chi connectivity index (χ0n) is 11.5. The topological polar surface area (TPSA) is 20.2 Å². The average molecular weight is 254 g/mol. The maximum absolute atomic E-state index is 9.33. The van der Waals surface area contributed by atoms with Gasteiger partial charge in [0.25, 0.3) is 0 Å². The van der Waals surface area contributed by atoms with Crippen LogP contribution in [0.2, 0.25) is 0 Å². The maximum Gasteiger partial charge on any atom is 0.115 e. The minimum Gasteiger partial charge on any atom is -0.508 e. The van der Waals surface area contributed by atoms with E-state index in [4.69, 9.17) is 0 Å². The van der Waals surface area contributed by atoms with Crippen LogP contribution in [-0.2, 0) is 6.42 Å². The monoisotopic (exact) mass is 254 g/mol. The Morgan fingerprint density at radius 1 is 1.11 bits per heavy atom. The summed E-state index contributed by atoms with van der Waals surface area (Å²) >= 11 is 0. The van der Waals surface area contributed by atoms with Gasteiger partial charge in [-0.3, -0.25) is 0 Å². The second kappa shape index (κ2) is 6.98. The molecule has 19 heavy (non-hydrogen) atoms. The van der Waals surface area contributed by atoms with Gasteiger partial charge in [0, 0.05) is 0 Å². The molecule has 0 aliphatic heterocycles. The Kier molecular flexibility index (Phi) is 5.02. The Bertz CT molecular complexity index is 463. The van der Waals surface area contributed by atoms with E-state index >= 15 is 0 Å². The molecule has 1 aliphatic carbocycles. The Morgan fingerprint density at radius 3 is 2.42 bits per heavy atom. The number of hydrogen-bond acceptors (Lipinski definition) is 1. The van der Waals surface area contributed by atoms with Gasteiger partial charge in [-0.2, -0.15) is 0 Å². The molecular formula is C18H22O. The van der Waals surface area contributed by atoms with Gasteiger partial charge in [-0.25, -0.2) is 0 Å². The summed E-state index contributed by atoms with van der Waals surface area (Å²) in [7, 11) is 0. The van der Waals surface area contributed by atoms with Crippen molar-refractivity contribution >= 4 is 0 Å². The standard InChI is InChI=1S/C18H22O/c1-2-3-6-17(13-15-7-4-5-8-15)14-16-9-11-18(19)12-10-16/h4-5,7-13,17,19H,2-3,6,14H2,1H3. The van der Waals surface area contributed by atoms with E-state index in [1.807, 2.05) is 12.1 Å². The van der Waals surface area contributed by atoms with Crippen LogP contribution in [0.3, 0.4) is 0 Å². The number of benzene rings is 1. The lowest BCUT2D eigenvalue weighted by atomic mass is 9.92. The number of phenols is 1. The largest absolute Gasteiger partial charge is 0.508 e. The fraction of sp³-hybridized carbons (Fsp3) is 0.333. The molecule has 0 amide bonds. The fourth-order valence-electron chi connectivity index (χ4n) is 2.42. The van der Waals surface area contributed by atoms with Gasteiger partial charge < -0.3 is 5.11 Å². The van der Waals surface area contributed by atoms with E-state index in [0.717, 1.165) is 6.42 Å². The van der Waals surface area contributed by atoms with Crippen LogP contribution in [0.4, 0.5) is 0 Å². The molecule has 0 fully saturated rings. The second-order valence-corrected chi connectivity index (χ2v) is 5.16. The summed E-state index contributed by atoms with van der Waals surface area (Å²) in [6.07, 6.45) is 15.6. The van der Waals surface area contributed by atoms with Crippen LogP contribution in [0.15, 0.2) is 60.2 Å². The highest BCUT2D eigenvalue weighted by atomic mass is 16.3. The molecule has 0 bridgehead atoms. The number of phenolic OH excluding ortho intramolecular Hbond substituents is 1. The summed E-state index contributed by atoms with van der Waals surface area (Å²) in [5.74, 6) is 0.917. The van der Waals surface area contributed by atoms with Crippen molar-refractivity contribution < 1.29 is 5.11 Å². The van der Waals surface area contributed by atoms with E-state index in [1.54, 1.807) is 12.1 Å². The molecule has 1 atom stereocenters. The van der Waals surface area contributed by atoms with Crippen LogP contribution in [0.1, 0.15) is 31.7 Å². The Hall–Kier alpha value is -1.76. The first-order chi connectivity index (χ1) is 9.28. The molecule has 1 aliphatic rings. The zero-order chi connectivity index (χ0) is 13.5. The van der Waals surface area contributed by atoms with Crippen molar-refractivity contribution in [1.29, 1.82) is 0 Å². The van der Waals surface area contributed by atoms with Gasteiger partial charge in [0.05, 0.1) is 0 Å². The van der Waals surface area contributed by atoms with Crippen molar-refractivity contribution in [3.05, 3.63) is 65.8 Å². The van der Waals surface area contributed by atoms with Crippen molar-refractivity contribution in [1.82, 2.24) is 0 Å². The number of rotatable bonds is 6. The molecule has 0 heterocycles. The first kappa shape index (κ1) is 13.7. The van der Waals surface area contributed by atoms with Gasteiger partial charge in [0.2, 0.25) is 0 Å². The summed E-state index contributed by atoms with van der Waals surface area (Å²) in [6.45, 7) is 2.24. The number of hydrogen-bond donors (Lipinski definition) is 1. The predicted octanol–water partition coefficient (Wildman–Crippen LogP) is 4.79. The third-order valence-electron chi connectivity index (χ3n) is 3.48. The molecular weight excluding hydrogens is 232 g/mol. The van der Waals surface area contributed by atoms with Gasteiger partial charge in [-0.05, 0) is 42.0 Å². The van der Waals surface area contributed by atoms with E-state index in [0.29, 0.717) is 11.7 Å². The molecule has 100 valence electrons. The third kappa shape index (κ3) is 4.44. The highest BCUT2D eigenvalue weighted by molar-refractivity contribution is 5.40. The summed E-state index contributed by atoms with van der Waals surface area (Å²) in [5.41, 5.74) is 2.61. The Morgan fingerprint density at radius 2 is 1.79 bits per heavy atom. The first-order valence-electron chi connectivity index (χ1n) is 7.12. The normalized spacial score (nSPS) is 14.9. The zero-order valence-corrected chi connectivity index (χ0v) is 11.5. The number of allylic oxidation sites excluding steroid dienone is 6. The number of unbranched alkanes of at least 4 members (excludes halogenated alkanes) is 1. The van der Waals surface area contributed by atoms with Crippen molar-refractivity contribution in [2.75, 3.05) is 0 Å². The first-order valence-corrected chi connectivity index (χ1v) is 7.12. The number of aromatic hydroxyl groups is 1. The van der Waals surface area contributed by atoms with Crippen molar-refractivity contribution in [2.45, 2.75) is 32.6 Å². The molecule has 0 aromatic heterocycles. The quantitative estimate of drug-likeness (QED) is 0.773. The molecule has 1 nitrogen and oxygen atoms in total. The van der Waals surface area contributed by atoms with Crippen LogP contribution in [0.25, 0.3) is 0 Å². The van der Waals surface area contributed by atoms with Crippen molar-refractivity contribution in [3.63, 3.8) is 0 Å². The lowest BCUT2D eigenvalue weighted by Gasteiger charge is -2.13. The molecule has 0 spiro atoms. The molecule has 0 saturated carbocycles. The molecule has 1 N–H and O–H groups in total. The van der Waals surface area contributed by atoms with Gasteiger partial charge in [0.15, 0.2) is 0 Å². The summed E-state index contributed by atoms with van der Waals surface area (Å²) in [5, 5.41) is 9.33. The Balaban J connectivity index is 2.04. The van der Waals surface area contributed by atoms with E-state index in [9.17, 15) is 5.11 Å². The van der Waals surface area contributed by atoms with Gasteiger partial charge in [-0.1, -0.05) is 62.3 Å². The molecule has 1 aromatic carbocycles. The SMILES string of the molecule is CCCCC(C=C1C=CC=C1)Cc1ccc(O)cc1. The molecule has 1 aromatic rings. The molecule has 1 unspecified atom stereocenters. The van der Waals surface area contributed by atoms with Crippen LogP contribution in [0.5, 0.6) is 5.75 Å². The maximum atomic E-state index is 9.33. The molecule has 1 heteroatoms. The predicted molar refractivity (Wildman–Crippen MR) is 81.2 cm³/mol.